The van der Waals surface area contributed by atoms with Gasteiger partial charge in [-0.25, -0.2) is 0 Å². The van der Waals surface area contributed by atoms with Crippen molar-refractivity contribution in [3.8, 4) is 11.5 Å². The zero-order valence-corrected chi connectivity index (χ0v) is 10.3. The van der Waals surface area contributed by atoms with Crippen LogP contribution in [-0.4, -0.2) is 21.3 Å². The van der Waals surface area contributed by atoms with E-state index in [1.165, 1.54) is 11.1 Å². The Labute approximate surface area is 96.8 Å². The Hall–Kier alpha value is -1.22. The maximum atomic E-state index is 5.46. The van der Waals surface area contributed by atoms with Crippen LogP contribution in [-0.2, 0) is 0 Å². The van der Waals surface area contributed by atoms with Gasteiger partial charge >= 0.3 is 0 Å². The fourth-order valence-electron chi connectivity index (χ4n) is 2.60. The van der Waals surface area contributed by atoms with E-state index in [4.69, 9.17) is 9.47 Å². The minimum absolute atomic E-state index is 0.411. The second-order valence-corrected chi connectivity index (χ2v) is 4.31. The van der Waals surface area contributed by atoms with Crippen molar-refractivity contribution >= 4 is 0 Å². The summed E-state index contributed by atoms with van der Waals surface area (Å²) < 4.78 is 10.8. The Morgan fingerprint density at radius 1 is 1.25 bits per heavy atom. The highest BCUT2D eigenvalue weighted by Gasteiger charge is 2.30. The van der Waals surface area contributed by atoms with Crippen LogP contribution in [0.1, 0.15) is 36.4 Å². The highest BCUT2D eigenvalue weighted by atomic mass is 16.5. The maximum absolute atomic E-state index is 5.46. The molecule has 0 bridgehead atoms. The van der Waals surface area contributed by atoms with E-state index >= 15 is 0 Å². The number of nitrogens with one attached hydrogen (secondary N) is 1. The van der Waals surface area contributed by atoms with E-state index in [9.17, 15) is 0 Å². The number of hydrogen-bond donors (Lipinski definition) is 1. The predicted octanol–water partition coefficient (Wildman–Crippen LogP) is 2.47. The van der Waals surface area contributed by atoms with Crippen LogP contribution in [0.15, 0.2) is 12.1 Å². The lowest BCUT2D eigenvalue weighted by Gasteiger charge is -2.14. The van der Waals surface area contributed by atoms with Gasteiger partial charge in [-0.15, -0.1) is 0 Å². The smallest absolute Gasteiger partial charge is 0.126 e. The minimum Gasteiger partial charge on any atom is -0.497 e. The molecule has 1 aromatic carbocycles. The van der Waals surface area contributed by atoms with Gasteiger partial charge in [0.05, 0.1) is 14.2 Å². The van der Waals surface area contributed by atoms with E-state index in [0.717, 1.165) is 17.9 Å². The second-order valence-electron chi connectivity index (χ2n) is 4.31. The number of rotatable bonds is 3. The van der Waals surface area contributed by atoms with Crippen LogP contribution < -0.4 is 14.8 Å². The molecule has 1 aromatic rings. The first-order valence-corrected chi connectivity index (χ1v) is 5.64. The SMILES string of the molecule is CNC1CC(C)c2c(OC)cc(OC)cc21. The van der Waals surface area contributed by atoms with Crippen molar-refractivity contribution in [1.82, 2.24) is 5.32 Å². The van der Waals surface area contributed by atoms with Crippen LogP contribution in [0.4, 0.5) is 0 Å². The molecule has 0 spiro atoms. The summed E-state index contributed by atoms with van der Waals surface area (Å²) in [6, 6.07) is 4.49. The van der Waals surface area contributed by atoms with Crippen molar-refractivity contribution in [2.75, 3.05) is 21.3 Å². The molecular formula is C13H19NO2. The average molecular weight is 221 g/mol. The van der Waals surface area contributed by atoms with Crippen molar-refractivity contribution in [2.45, 2.75) is 25.3 Å². The zero-order chi connectivity index (χ0) is 11.7. The molecule has 3 nitrogen and oxygen atoms in total. The first-order valence-electron chi connectivity index (χ1n) is 5.64. The van der Waals surface area contributed by atoms with Gasteiger partial charge in [-0.2, -0.15) is 0 Å². The van der Waals surface area contributed by atoms with E-state index < -0.39 is 0 Å². The van der Waals surface area contributed by atoms with Crippen molar-refractivity contribution in [2.24, 2.45) is 0 Å². The van der Waals surface area contributed by atoms with Crippen LogP contribution in [0.5, 0.6) is 11.5 Å². The summed E-state index contributed by atoms with van der Waals surface area (Å²) in [5.41, 5.74) is 2.63. The van der Waals surface area contributed by atoms with Crippen LogP contribution in [0, 0.1) is 0 Å². The molecular weight excluding hydrogens is 202 g/mol. The first-order chi connectivity index (χ1) is 7.71. The molecule has 3 heteroatoms. The summed E-state index contributed by atoms with van der Waals surface area (Å²) >= 11 is 0. The second kappa shape index (κ2) is 4.34. The summed E-state index contributed by atoms with van der Waals surface area (Å²) in [4.78, 5) is 0. The molecule has 0 saturated heterocycles. The van der Waals surface area contributed by atoms with Crippen LogP contribution in [0.3, 0.4) is 0 Å². The summed E-state index contributed by atoms with van der Waals surface area (Å²) in [7, 11) is 5.40. The molecule has 1 aliphatic rings. The highest BCUT2D eigenvalue weighted by molar-refractivity contribution is 5.52. The Balaban J connectivity index is 2.54. The van der Waals surface area contributed by atoms with E-state index in [2.05, 4.69) is 18.3 Å². The quantitative estimate of drug-likeness (QED) is 0.850. The summed E-state index contributed by atoms with van der Waals surface area (Å²) in [6.45, 7) is 2.24. The molecule has 0 saturated carbocycles. The average Bonchev–Trinajstić information content (AvgIpc) is 2.65. The molecule has 0 aliphatic heterocycles. The normalized spacial score (nSPS) is 23.0. The van der Waals surface area contributed by atoms with Gasteiger partial charge in [-0.05, 0) is 31.0 Å². The zero-order valence-electron chi connectivity index (χ0n) is 10.3. The number of hydrogen-bond acceptors (Lipinski definition) is 3. The van der Waals surface area contributed by atoms with Gasteiger partial charge < -0.3 is 14.8 Å². The van der Waals surface area contributed by atoms with Crippen LogP contribution >= 0.6 is 0 Å². The molecule has 16 heavy (non-hydrogen) atoms. The van der Waals surface area contributed by atoms with E-state index in [1.54, 1.807) is 14.2 Å². The van der Waals surface area contributed by atoms with Gasteiger partial charge in [0, 0.05) is 17.7 Å². The molecule has 2 rings (SSSR count). The minimum atomic E-state index is 0.411. The largest absolute Gasteiger partial charge is 0.497 e. The highest BCUT2D eigenvalue weighted by Crippen LogP contribution is 2.46. The van der Waals surface area contributed by atoms with Crippen molar-refractivity contribution in [1.29, 1.82) is 0 Å². The predicted molar refractivity (Wildman–Crippen MR) is 64.4 cm³/mol. The van der Waals surface area contributed by atoms with Crippen molar-refractivity contribution in [3.63, 3.8) is 0 Å². The molecule has 2 unspecified atom stereocenters. The van der Waals surface area contributed by atoms with E-state index in [-0.39, 0.29) is 0 Å². The fourth-order valence-corrected chi connectivity index (χ4v) is 2.60. The molecule has 0 amide bonds. The van der Waals surface area contributed by atoms with Crippen molar-refractivity contribution < 1.29 is 9.47 Å². The Bertz CT molecular complexity index is 390. The Kier molecular flexibility index (Phi) is 3.06. The number of ether oxygens (including phenoxy) is 2. The van der Waals surface area contributed by atoms with Crippen LogP contribution in [0.25, 0.3) is 0 Å². The standard InChI is InChI=1S/C13H19NO2/c1-8-5-11(14-2)10-6-9(15-3)7-12(16-4)13(8)10/h6-8,11,14H,5H2,1-4H3. The third kappa shape index (κ3) is 1.65. The van der Waals surface area contributed by atoms with Gasteiger partial charge in [-0.3, -0.25) is 0 Å². The topological polar surface area (TPSA) is 30.5 Å². The molecule has 2 atom stereocenters. The van der Waals surface area contributed by atoms with Gasteiger partial charge in [0.15, 0.2) is 0 Å². The summed E-state index contributed by atoms with van der Waals surface area (Å²) in [5.74, 6) is 2.35. The molecule has 0 fully saturated rings. The lowest BCUT2D eigenvalue weighted by Crippen LogP contribution is -2.13. The fraction of sp³-hybridized carbons (Fsp3) is 0.538. The van der Waals surface area contributed by atoms with Gasteiger partial charge in [0.2, 0.25) is 0 Å². The third-order valence-corrected chi connectivity index (χ3v) is 3.41. The molecule has 1 N–H and O–H groups in total. The third-order valence-electron chi connectivity index (χ3n) is 3.41. The number of methoxy groups -OCH3 is 2. The lowest BCUT2D eigenvalue weighted by atomic mass is 10.0. The molecule has 88 valence electrons. The Morgan fingerprint density at radius 2 is 2.00 bits per heavy atom. The van der Waals surface area contributed by atoms with E-state index in [1.807, 2.05) is 13.1 Å². The van der Waals surface area contributed by atoms with Gasteiger partial charge in [0.1, 0.15) is 11.5 Å². The lowest BCUT2D eigenvalue weighted by molar-refractivity contribution is 0.390. The Morgan fingerprint density at radius 3 is 2.56 bits per heavy atom. The molecule has 0 heterocycles. The van der Waals surface area contributed by atoms with Crippen LogP contribution in [0.2, 0.25) is 0 Å². The number of benzene rings is 1. The maximum Gasteiger partial charge on any atom is 0.126 e. The summed E-state index contributed by atoms with van der Waals surface area (Å²) in [6.07, 6.45) is 1.12. The number of fused-ring (bicyclic) bond motifs is 1. The van der Waals surface area contributed by atoms with E-state index in [0.29, 0.717) is 12.0 Å². The first kappa shape index (κ1) is 11.3. The van der Waals surface area contributed by atoms with Gasteiger partial charge in [-0.1, -0.05) is 6.92 Å². The molecule has 1 aliphatic carbocycles. The summed E-state index contributed by atoms with van der Waals surface area (Å²) in [5, 5.41) is 3.34. The molecule has 0 radical (unpaired) electrons. The molecule has 0 aromatic heterocycles. The van der Waals surface area contributed by atoms with Gasteiger partial charge in [0.25, 0.3) is 0 Å². The van der Waals surface area contributed by atoms with Crippen molar-refractivity contribution in [3.05, 3.63) is 23.3 Å². The monoisotopic (exact) mass is 221 g/mol.